The number of aromatic nitrogens is 3. The summed E-state index contributed by atoms with van der Waals surface area (Å²) in [5.74, 6) is 0.497. The molecule has 0 aliphatic heterocycles. The molecule has 0 saturated carbocycles. The average Bonchev–Trinajstić information content (AvgIpc) is 3.15. The van der Waals surface area contributed by atoms with Crippen LogP contribution >= 0.6 is 11.8 Å². The van der Waals surface area contributed by atoms with Crippen LogP contribution in [0, 0.1) is 11.3 Å². The van der Waals surface area contributed by atoms with Gasteiger partial charge in [0.15, 0.2) is 5.16 Å². The number of carbonyl (C=O) groups is 1. The zero-order valence-electron chi connectivity index (χ0n) is 15.1. The first-order chi connectivity index (χ1) is 13.1. The van der Waals surface area contributed by atoms with Gasteiger partial charge in [-0.2, -0.15) is 5.26 Å². The molecular formula is C20H19N5OS. The van der Waals surface area contributed by atoms with Crippen LogP contribution in [0.1, 0.15) is 30.9 Å². The lowest BCUT2D eigenvalue weighted by atomic mass is 10.0. The molecule has 0 spiro atoms. The molecule has 3 rings (SSSR count). The van der Waals surface area contributed by atoms with Crippen LogP contribution in [0.5, 0.6) is 0 Å². The van der Waals surface area contributed by atoms with Gasteiger partial charge in [0.05, 0.1) is 17.4 Å². The maximum Gasteiger partial charge on any atom is 0.234 e. The molecule has 0 bridgehead atoms. The molecule has 0 saturated heterocycles. The van der Waals surface area contributed by atoms with E-state index in [2.05, 4.69) is 47.6 Å². The van der Waals surface area contributed by atoms with Gasteiger partial charge in [-0.1, -0.05) is 43.8 Å². The third-order valence-electron chi connectivity index (χ3n) is 3.96. The van der Waals surface area contributed by atoms with E-state index in [4.69, 9.17) is 5.26 Å². The highest BCUT2D eigenvalue weighted by Gasteiger charge is 2.11. The Bertz CT molecular complexity index is 973. The highest BCUT2D eigenvalue weighted by atomic mass is 32.2. The third kappa shape index (κ3) is 4.74. The van der Waals surface area contributed by atoms with Crippen molar-refractivity contribution < 1.29 is 4.79 Å². The molecule has 27 heavy (non-hydrogen) atoms. The van der Waals surface area contributed by atoms with Gasteiger partial charge in [0.25, 0.3) is 0 Å². The van der Waals surface area contributed by atoms with Crippen LogP contribution in [0.15, 0.2) is 60.0 Å². The van der Waals surface area contributed by atoms with E-state index in [0.717, 1.165) is 5.69 Å². The second kappa shape index (κ2) is 8.52. The summed E-state index contributed by atoms with van der Waals surface area (Å²) >= 11 is 1.31. The summed E-state index contributed by atoms with van der Waals surface area (Å²) in [6.45, 7) is 4.31. The molecule has 0 unspecified atom stereocenters. The standard InChI is InChI=1S/C20H19N5OS/c1-14(2)16-6-8-18(9-7-16)25-13-22-24-20(25)27-12-19(26)23-17-5-3-4-15(10-17)11-21/h3-10,13-14H,12H2,1-2H3,(H,23,26). The second-order valence-corrected chi connectivity index (χ2v) is 7.20. The summed E-state index contributed by atoms with van der Waals surface area (Å²) in [4.78, 5) is 12.2. The number of nitriles is 1. The lowest BCUT2D eigenvalue weighted by Crippen LogP contribution is -2.14. The highest BCUT2D eigenvalue weighted by Crippen LogP contribution is 2.22. The fourth-order valence-corrected chi connectivity index (χ4v) is 3.24. The first kappa shape index (κ1) is 18.7. The Balaban J connectivity index is 1.64. The van der Waals surface area contributed by atoms with Gasteiger partial charge in [-0.3, -0.25) is 9.36 Å². The highest BCUT2D eigenvalue weighted by molar-refractivity contribution is 7.99. The van der Waals surface area contributed by atoms with Crippen molar-refractivity contribution in [3.63, 3.8) is 0 Å². The van der Waals surface area contributed by atoms with E-state index in [-0.39, 0.29) is 11.7 Å². The number of carbonyl (C=O) groups excluding carboxylic acids is 1. The maximum absolute atomic E-state index is 12.2. The largest absolute Gasteiger partial charge is 0.325 e. The van der Waals surface area contributed by atoms with E-state index in [1.54, 1.807) is 30.6 Å². The van der Waals surface area contributed by atoms with Gasteiger partial charge in [-0.25, -0.2) is 0 Å². The molecule has 0 radical (unpaired) electrons. The fourth-order valence-electron chi connectivity index (χ4n) is 2.51. The molecule has 2 aromatic carbocycles. The Morgan fingerprint density at radius 3 is 2.74 bits per heavy atom. The van der Waals surface area contributed by atoms with E-state index >= 15 is 0 Å². The average molecular weight is 377 g/mol. The minimum absolute atomic E-state index is 0.167. The van der Waals surface area contributed by atoms with Crippen molar-refractivity contribution in [3.05, 3.63) is 66.0 Å². The van der Waals surface area contributed by atoms with Gasteiger partial charge < -0.3 is 5.32 Å². The molecule has 0 atom stereocenters. The minimum atomic E-state index is -0.167. The first-order valence-corrected chi connectivity index (χ1v) is 9.48. The van der Waals surface area contributed by atoms with Crippen molar-refractivity contribution in [3.8, 4) is 11.8 Å². The molecule has 0 aliphatic carbocycles. The van der Waals surface area contributed by atoms with Crippen LogP contribution in [-0.2, 0) is 4.79 Å². The number of rotatable bonds is 6. The van der Waals surface area contributed by atoms with Crippen molar-refractivity contribution in [2.24, 2.45) is 0 Å². The summed E-state index contributed by atoms with van der Waals surface area (Å²) in [7, 11) is 0. The van der Waals surface area contributed by atoms with Gasteiger partial charge in [-0.05, 0) is 41.8 Å². The molecule has 1 N–H and O–H groups in total. The van der Waals surface area contributed by atoms with Crippen molar-refractivity contribution in [1.29, 1.82) is 5.26 Å². The molecule has 1 aromatic heterocycles. The van der Waals surface area contributed by atoms with E-state index in [1.165, 1.54) is 17.3 Å². The summed E-state index contributed by atoms with van der Waals surface area (Å²) in [6.07, 6.45) is 1.64. The van der Waals surface area contributed by atoms with E-state index in [1.807, 2.05) is 16.7 Å². The number of thioether (sulfide) groups is 1. The third-order valence-corrected chi connectivity index (χ3v) is 4.91. The topological polar surface area (TPSA) is 83.6 Å². The lowest BCUT2D eigenvalue weighted by molar-refractivity contribution is -0.113. The number of anilines is 1. The summed E-state index contributed by atoms with van der Waals surface area (Å²) in [6, 6.07) is 17.1. The Hall–Kier alpha value is -3.11. The Morgan fingerprint density at radius 2 is 2.04 bits per heavy atom. The predicted molar refractivity (Wildman–Crippen MR) is 106 cm³/mol. The first-order valence-electron chi connectivity index (χ1n) is 8.50. The van der Waals surface area contributed by atoms with Crippen molar-refractivity contribution in [2.45, 2.75) is 24.9 Å². The fraction of sp³-hybridized carbons (Fsp3) is 0.200. The second-order valence-electron chi connectivity index (χ2n) is 6.26. The number of benzene rings is 2. The normalized spacial score (nSPS) is 10.6. The summed E-state index contributed by atoms with van der Waals surface area (Å²) in [5.41, 5.74) is 3.32. The quantitative estimate of drug-likeness (QED) is 0.657. The van der Waals surface area contributed by atoms with Crippen LogP contribution in [-0.4, -0.2) is 26.4 Å². The van der Waals surface area contributed by atoms with Crippen LogP contribution in [0.2, 0.25) is 0 Å². The smallest absolute Gasteiger partial charge is 0.234 e. The molecule has 6 nitrogen and oxygen atoms in total. The van der Waals surface area contributed by atoms with Crippen LogP contribution < -0.4 is 5.32 Å². The Labute approximate surface area is 162 Å². The van der Waals surface area contributed by atoms with Crippen molar-refractivity contribution >= 4 is 23.4 Å². The molecule has 0 aliphatic rings. The monoisotopic (exact) mass is 377 g/mol. The molecular weight excluding hydrogens is 358 g/mol. The van der Waals surface area contributed by atoms with Gasteiger partial charge in [0, 0.05) is 11.4 Å². The summed E-state index contributed by atoms with van der Waals surface area (Å²) < 4.78 is 1.86. The van der Waals surface area contributed by atoms with E-state index in [0.29, 0.717) is 22.3 Å². The number of nitrogens with zero attached hydrogens (tertiary/aromatic N) is 4. The van der Waals surface area contributed by atoms with E-state index in [9.17, 15) is 4.79 Å². The van der Waals surface area contributed by atoms with Gasteiger partial charge in [-0.15, -0.1) is 10.2 Å². The Morgan fingerprint density at radius 1 is 1.26 bits per heavy atom. The molecule has 3 aromatic rings. The zero-order chi connectivity index (χ0) is 19.2. The maximum atomic E-state index is 12.2. The predicted octanol–water partition coefficient (Wildman–Crippen LogP) is 3.99. The number of amides is 1. The molecule has 136 valence electrons. The number of hydrogen-bond acceptors (Lipinski definition) is 5. The van der Waals surface area contributed by atoms with Crippen LogP contribution in [0.25, 0.3) is 5.69 Å². The van der Waals surface area contributed by atoms with Gasteiger partial charge >= 0.3 is 0 Å². The van der Waals surface area contributed by atoms with Crippen molar-refractivity contribution in [1.82, 2.24) is 14.8 Å². The lowest BCUT2D eigenvalue weighted by Gasteiger charge is -2.09. The summed E-state index contributed by atoms with van der Waals surface area (Å²) in [5, 5.41) is 20.4. The van der Waals surface area contributed by atoms with Crippen LogP contribution in [0.3, 0.4) is 0 Å². The zero-order valence-corrected chi connectivity index (χ0v) is 15.9. The molecule has 0 fully saturated rings. The van der Waals surface area contributed by atoms with Gasteiger partial charge in [0.2, 0.25) is 5.91 Å². The van der Waals surface area contributed by atoms with E-state index < -0.39 is 0 Å². The SMILES string of the molecule is CC(C)c1ccc(-n2cnnc2SCC(=O)Nc2cccc(C#N)c2)cc1. The van der Waals surface area contributed by atoms with Crippen LogP contribution in [0.4, 0.5) is 5.69 Å². The number of hydrogen-bond donors (Lipinski definition) is 1. The Kier molecular flexibility index (Phi) is 5.89. The van der Waals surface area contributed by atoms with Crippen molar-refractivity contribution in [2.75, 3.05) is 11.1 Å². The number of nitrogens with one attached hydrogen (secondary N) is 1. The van der Waals surface area contributed by atoms with Gasteiger partial charge in [0.1, 0.15) is 6.33 Å². The molecule has 1 amide bonds. The molecule has 7 heteroatoms. The minimum Gasteiger partial charge on any atom is -0.325 e. The molecule has 1 heterocycles.